The van der Waals surface area contributed by atoms with Crippen LogP contribution in [0, 0.1) is 5.92 Å². The molecule has 0 aromatic carbocycles. The predicted molar refractivity (Wildman–Crippen MR) is 63.4 cm³/mol. The molecule has 1 rings (SSSR count). The normalized spacial score (nSPS) is 21.4. The first-order valence-corrected chi connectivity index (χ1v) is 7.21. The van der Waals surface area contributed by atoms with Crippen LogP contribution in [-0.4, -0.2) is 41.1 Å². The molecule has 0 bridgehead atoms. The quantitative estimate of drug-likeness (QED) is 0.545. The second-order valence-corrected chi connectivity index (χ2v) is 5.47. The lowest BCUT2D eigenvalue weighted by Gasteiger charge is -2.38. The number of hydrogen-bond acceptors (Lipinski definition) is 1. The van der Waals surface area contributed by atoms with E-state index in [0.717, 1.165) is 4.90 Å². The van der Waals surface area contributed by atoms with E-state index in [1.54, 1.807) is 0 Å². The highest BCUT2D eigenvalue weighted by atomic mass is 79.9. The fourth-order valence-corrected chi connectivity index (χ4v) is 2.88. The van der Waals surface area contributed by atoms with Crippen LogP contribution in [0.5, 0.6) is 0 Å². The molecule has 1 fully saturated rings. The Hall–Kier alpha value is -0.470. The molecule has 1 atom stereocenters. The summed E-state index contributed by atoms with van der Waals surface area (Å²) in [5.41, 5.74) is 0. The lowest BCUT2D eigenvalue weighted by molar-refractivity contribution is -0.278. The van der Waals surface area contributed by atoms with Crippen molar-refractivity contribution in [2.24, 2.45) is 5.92 Å². The van der Waals surface area contributed by atoms with Gasteiger partial charge in [-0.05, 0) is 25.7 Å². The van der Waals surface area contributed by atoms with Crippen molar-refractivity contribution in [2.75, 3.05) is 11.9 Å². The third kappa shape index (κ3) is 4.26. The summed E-state index contributed by atoms with van der Waals surface area (Å²) >= 11 is 3.10. The van der Waals surface area contributed by atoms with Crippen molar-refractivity contribution < 1.29 is 31.1 Å². The second-order valence-electron chi connectivity index (χ2n) is 4.68. The zero-order chi connectivity index (χ0) is 15.6. The monoisotopic (exact) mass is 369 g/mol. The van der Waals surface area contributed by atoms with Gasteiger partial charge in [0.2, 0.25) is 11.8 Å². The standard InChI is InChI=1S/C11H14BrF6NO/c12-5-4-7-3-1-2-6-19(7)9(20)8(10(13,14)15)11(16,17)18/h7-8H,1-6H2. The van der Waals surface area contributed by atoms with Gasteiger partial charge in [0.05, 0.1) is 0 Å². The topological polar surface area (TPSA) is 20.3 Å². The third-order valence-electron chi connectivity index (χ3n) is 3.25. The molecular weight excluding hydrogens is 356 g/mol. The number of carbonyl (C=O) groups excluding carboxylic acids is 1. The molecule has 0 aromatic heterocycles. The number of likely N-dealkylation sites (tertiary alicyclic amines) is 1. The van der Waals surface area contributed by atoms with E-state index in [1.165, 1.54) is 0 Å². The van der Waals surface area contributed by atoms with Crippen molar-refractivity contribution in [1.29, 1.82) is 0 Å². The highest BCUT2D eigenvalue weighted by Crippen LogP contribution is 2.41. The first kappa shape index (κ1) is 17.6. The van der Waals surface area contributed by atoms with Crippen molar-refractivity contribution in [3.05, 3.63) is 0 Å². The molecule has 9 heteroatoms. The van der Waals surface area contributed by atoms with Gasteiger partial charge in [0.15, 0.2) is 0 Å². The van der Waals surface area contributed by atoms with Gasteiger partial charge in [0.25, 0.3) is 0 Å². The summed E-state index contributed by atoms with van der Waals surface area (Å²) in [4.78, 5) is 12.5. The van der Waals surface area contributed by atoms with E-state index in [9.17, 15) is 31.1 Å². The molecule has 2 nitrogen and oxygen atoms in total. The lowest BCUT2D eigenvalue weighted by atomic mass is 9.97. The van der Waals surface area contributed by atoms with Crippen LogP contribution in [0.3, 0.4) is 0 Å². The number of amides is 1. The summed E-state index contributed by atoms with van der Waals surface area (Å²) in [7, 11) is 0. The van der Waals surface area contributed by atoms with Crippen molar-refractivity contribution in [2.45, 2.75) is 44.1 Å². The van der Waals surface area contributed by atoms with E-state index in [0.29, 0.717) is 31.0 Å². The molecule has 0 N–H and O–H groups in total. The van der Waals surface area contributed by atoms with Gasteiger partial charge < -0.3 is 4.90 Å². The number of nitrogens with zero attached hydrogens (tertiary/aromatic N) is 1. The van der Waals surface area contributed by atoms with Gasteiger partial charge in [-0.25, -0.2) is 0 Å². The predicted octanol–water partition coefficient (Wildman–Crippen LogP) is 3.89. The molecule has 1 heterocycles. The summed E-state index contributed by atoms with van der Waals surface area (Å²) in [6.45, 7) is -0.0564. The lowest BCUT2D eigenvalue weighted by Crippen LogP contribution is -2.54. The smallest absolute Gasteiger partial charge is 0.339 e. The summed E-state index contributed by atoms with van der Waals surface area (Å²) in [5.74, 6) is -5.80. The van der Waals surface area contributed by atoms with E-state index >= 15 is 0 Å². The molecule has 1 unspecified atom stereocenters. The summed E-state index contributed by atoms with van der Waals surface area (Å²) in [6, 6.07) is -0.567. The van der Waals surface area contributed by atoms with Crippen molar-refractivity contribution >= 4 is 21.8 Å². The van der Waals surface area contributed by atoms with E-state index < -0.39 is 30.2 Å². The summed E-state index contributed by atoms with van der Waals surface area (Å²) < 4.78 is 75.3. The molecule has 0 saturated carbocycles. The molecule has 1 aliphatic heterocycles. The molecule has 1 amide bonds. The molecule has 1 aliphatic rings. The average Bonchev–Trinajstić information content (AvgIpc) is 2.26. The Labute approximate surface area is 120 Å². The van der Waals surface area contributed by atoms with Crippen LogP contribution in [0.2, 0.25) is 0 Å². The van der Waals surface area contributed by atoms with Gasteiger partial charge in [-0.3, -0.25) is 4.79 Å². The maximum atomic E-state index is 12.6. The molecule has 20 heavy (non-hydrogen) atoms. The molecule has 0 radical (unpaired) electrons. The van der Waals surface area contributed by atoms with Gasteiger partial charge in [0, 0.05) is 17.9 Å². The van der Waals surface area contributed by atoms with Crippen molar-refractivity contribution in [3.63, 3.8) is 0 Å². The number of alkyl halides is 7. The fraction of sp³-hybridized carbons (Fsp3) is 0.909. The van der Waals surface area contributed by atoms with E-state index in [-0.39, 0.29) is 6.54 Å². The largest absolute Gasteiger partial charge is 0.409 e. The first-order valence-electron chi connectivity index (χ1n) is 6.09. The minimum atomic E-state index is -5.62. The summed E-state index contributed by atoms with van der Waals surface area (Å²) in [5, 5.41) is 0.421. The zero-order valence-corrected chi connectivity index (χ0v) is 12.0. The summed E-state index contributed by atoms with van der Waals surface area (Å²) in [6.07, 6.45) is -9.34. The highest BCUT2D eigenvalue weighted by molar-refractivity contribution is 9.09. The Bertz CT molecular complexity index is 327. The van der Waals surface area contributed by atoms with Gasteiger partial charge in [-0.1, -0.05) is 15.9 Å². The third-order valence-corrected chi connectivity index (χ3v) is 3.71. The first-order chi connectivity index (χ1) is 9.09. The van der Waals surface area contributed by atoms with Gasteiger partial charge in [-0.2, -0.15) is 26.3 Å². The highest BCUT2D eigenvalue weighted by Gasteiger charge is 2.62. The van der Waals surface area contributed by atoms with Crippen LogP contribution in [0.1, 0.15) is 25.7 Å². The zero-order valence-electron chi connectivity index (χ0n) is 10.4. The van der Waals surface area contributed by atoms with Crippen LogP contribution in [0.4, 0.5) is 26.3 Å². The van der Waals surface area contributed by atoms with Crippen LogP contribution in [0.25, 0.3) is 0 Å². The Balaban J connectivity index is 2.98. The van der Waals surface area contributed by atoms with Crippen molar-refractivity contribution in [3.8, 4) is 0 Å². The Morgan fingerprint density at radius 2 is 1.70 bits per heavy atom. The molecule has 0 aliphatic carbocycles. The molecule has 118 valence electrons. The van der Waals surface area contributed by atoms with Gasteiger partial charge in [0.1, 0.15) is 0 Å². The average molecular weight is 370 g/mol. The van der Waals surface area contributed by atoms with E-state index in [1.807, 2.05) is 0 Å². The minimum absolute atomic E-state index is 0.0564. The van der Waals surface area contributed by atoms with Crippen molar-refractivity contribution in [1.82, 2.24) is 4.90 Å². The van der Waals surface area contributed by atoms with E-state index in [2.05, 4.69) is 15.9 Å². The molecule has 1 saturated heterocycles. The Morgan fingerprint density at radius 1 is 1.15 bits per heavy atom. The van der Waals surface area contributed by atoms with Gasteiger partial charge in [-0.15, -0.1) is 0 Å². The number of carbonyl (C=O) groups is 1. The second kappa shape index (κ2) is 6.53. The number of piperidine rings is 1. The number of rotatable bonds is 3. The Morgan fingerprint density at radius 3 is 2.15 bits per heavy atom. The fourth-order valence-electron chi connectivity index (χ4n) is 2.35. The minimum Gasteiger partial charge on any atom is -0.339 e. The van der Waals surface area contributed by atoms with E-state index in [4.69, 9.17) is 0 Å². The van der Waals surface area contributed by atoms with Crippen LogP contribution in [0.15, 0.2) is 0 Å². The number of hydrogen-bond donors (Lipinski definition) is 0. The van der Waals surface area contributed by atoms with Crippen LogP contribution in [-0.2, 0) is 4.79 Å². The molecule has 0 aromatic rings. The maximum Gasteiger partial charge on any atom is 0.409 e. The van der Waals surface area contributed by atoms with Crippen LogP contribution < -0.4 is 0 Å². The maximum absolute atomic E-state index is 12.6. The SMILES string of the molecule is O=C(C(C(F)(F)F)C(F)(F)F)N1CCCCC1CCBr. The number of halogens is 7. The van der Waals surface area contributed by atoms with Crippen LogP contribution >= 0.6 is 15.9 Å². The Kier molecular flexibility index (Phi) is 5.74. The molecule has 0 spiro atoms. The van der Waals surface area contributed by atoms with Gasteiger partial charge >= 0.3 is 12.4 Å². The molecular formula is C11H14BrF6NO.